The molecule has 1 atom stereocenters. The largest absolute Gasteiger partial charge is 0.445 e. The molecule has 6 nitrogen and oxygen atoms in total. The van der Waals surface area contributed by atoms with Gasteiger partial charge in [0, 0.05) is 13.1 Å². The lowest BCUT2D eigenvalue weighted by Crippen LogP contribution is -2.48. The lowest BCUT2D eigenvalue weighted by Gasteiger charge is -2.19. The third kappa shape index (κ3) is 5.42. The molecule has 1 aliphatic rings. The Morgan fingerprint density at radius 1 is 1.50 bits per heavy atom. The summed E-state index contributed by atoms with van der Waals surface area (Å²) in [4.78, 5) is 27.7. The van der Waals surface area contributed by atoms with Gasteiger partial charge in [0.15, 0.2) is 0 Å². The Hall–Kier alpha value is -1.85. The normalized spacial score (nSPS) is 16.2. The Labute approximate surface area is 119 Å². The highest BCUT2D eigenvalue weighted by molar-refractivity contribution is 6.41. The Morgan fingerprint density at radius 3 is 2.70 bits per heavy atom. The van der Waals surface area contributed by atoms with Crippen molar-refractivity contribution in [2.45, 2.75) is 44.7 Å². The molecular formula is C14H23N3O3. The van der Waals surface area contributed by atoms with Crippen LogP contribution in [-0.2, 0) is 9.53 Å². The zero-order valence-corrected chi connectivity index (χ0v) is 12.1. The summed E-state index contributed by atoms with van der Waals surface area (Å²) in [6.07, 6.45) is 4.40. The van der Waals surface area contributed by atoms with Gasteiger partial charge < -0.3 is 15.4 Å². The van der Waals surface area contributed by atoms with Gasteiger partial charge in [0.25, 0.3) is 5.91 Å². The number of aliphatic imine (C=N–C) groups is 1. The Kier molecular flexibility index (Phi) is 6.76. The fraction of sp³-hybridized carbons (Fsp3) is 0.643. The van der Waals surface area contributed by atoms with Crippen molar-refractivity contribution in [2.24, 2.45) is 4.99 Å². The highest BCUT2D eigenvalue weighted by Gasteiger charge is 2.29. The number of nitrogens with zero attached hydrogens (tertiary/aromatic N) is 1. The van der Waals surface area contributed by atoms with Crippen LogP contribution in [0.3, 0.4) is 0 Å². The monoisotopic (exact) mass is 281 g/mol. The number of carbonyl (C=O) groups excluding carboxylic acids is 2. The van der Waals surface area contributed by atoms with Gasteiger partial charge in [0.1, 0.15) is 12.3 Å². The predicted octanol–water partition coefficient (Wildman–Crippen LogP) is 1.42. The minimum atomic E-state index is -0.566. The van der Waals surface area contributed by atoms with Gasteiger partial charge >= 0.3 is 6.09 Å². The van der Waals surface area contributed by atoms with Gasteiger partial charge in [-0.05, 0) is 19.3 Å². The molecule has 0 heterocycles. The van der Waals surface area contributed by atoms with Crippen molar-refractivity contribution in [1.29, 1.82) is 0 Å². The predicted molar refractivity (Wildman–Crippen MR) is 77.9 cm³/mol. The number of amides is 2. The van der Waals surface area contributed by atoms with Crippen LogP contribution < -0.4 is 10.6 Å². The van der Waals surface area contributed by atoms with E-state index in [-0.39, 0.29) is 18.6 Å². The molecule has 1 aliphatic carbocycles. The maximum absolute atomic E-state index is 12.1. The van der Waals surface area contributed by atoms with E-state index >= 15 is 0 Å². The minimum Gasteiger partial charge on any atom is -0.445 e. The van der Waals surface area contributed by atoms with Crippen molar-refractivity contribution < 1.29 is 14.3 Å². The van der Waals surface area contributed by atoms with E-state index in [1.54, 1.807) is 7.05 Å². The first-order valence-corrected chi connectivity index (χ1v) is 6.94. The SMILES string of the molecule is C=CCOC(=O)N[C@@H](CCC)/C(=N/C)C(=O)NC1CC1. The molecule has 1 saturated carbocycles. The molecule has 20 heavy (non-hydrogen) atoms. The van der Waals surface area contributed by atoms with Gasteiger partial charge in [-0.25, -0.2) is 4.79 Å². The van der Waals surface area contributed by atoms with E-state index in [4.69, 9.17) is 4.74 Å². The van der Waals surface area contributed by atoms with E-state index in [9.17, 15) is 9.59 Å². The quantitative estimate of drug-likeness (QED) is 0.521. The van der Waals surface area contributed by atoms with Gasteiger partial charge in [-0.1, -0.05) is 26.0 Å². The van der Waals surface area contributed by atoms with Crippen LogP contribution in [0.15, 0.2) is 17.6 Å². The number of carbonyl (C=O) groups is 2. The molecular weight excluding hydrogens is 258 g/mol. The second-order valence-electron chi connectivity index (χ2n) is 4.73. The van der Waals surface area contributed by atoms with Crippen LogP contribution in [0.25, 0.3) is 0 Å². The first-order valence-electron chi connectivity index (χ1n) is 6.94. The van der Waals surface area contributed by atoms with Crippen LogP contribution in [0.5, 0.6) is 0 Å². The number of ether oxygens (including phenoxy) is 1. The van der Waals surface area contributed by atoms with Crippen molar-refractivity contribution in [3.63, 3.8) is 0 Å². The lowest BCUT2D eigenvalue weighted by molar-refractivity contribution is -0.115. The Morgan fingerprint density at radius 2 is 2.20 bits per heavy atom. The summed E-state index contributed by atoms with van der Waals surface area (Å²) in [6, 6.07) is -0.171. The molecule has 0 aromatic carbocycles. The van der Waals surface area contributed by atoms with Crippen molar-refractivity contribution in [3.05, 3.63) is 12.7 Å². The standard InChI is InChI=1S/C14H23N3O3/c1-4-6-11(17-14(19)20-9-5-2)12(15-3)13(18)16-10-7-8-10/h5,10-11H,2,4,6-9H2,1,3H3,(H,16,18)(H,17,19)/b15-12-/t11-/m0/s1. The van der Waals surface area contributed by atoms with Gasteiger partial charge in [-0.3, -0.25) is 9.79 Å². The van der Waals surface area contributed by atoms with Crippen LogP contribution in [0.1, 0.15) is 32.6 Å². The first-order chi connectivity index (χ1) is 9.62. The van der Waals surface area contributed by atoms with E-state index < -0.39 is 12.1 Å². The number of nitrogens with one attached hydrogen (secondary N) is 2. The van der Waals surface area contributed by atoms with Gasteiger partial charge in [0.2, 0.25) is 0 Å². The summed E-state index contributed by atoms with van der Waals surface area (Å²) in [5.74, 6) is -0.211. The molecule has 0 unspecified atom stereocenters. The molecule has 1 fully saturated rings. The summed E-state index contributed by atoms with van der Waals surface area (Å²) in [5, 5.41) is 5.56. The second-order valence-corrected chi connectivity index (χ2v) is 4.73. The van der Waals surface area contributed by atoms with Gasteiger partial charge in [-0.2, -0.15) is 0 Å². The van der Waals surface area contributed by atoms with Crippen LogP contribution in [0.2, 0.25) is 0 Å². The molecule has 1 rings (SSSR count). The molecule has 112 valence electrons. The number of hydrogen-bond donors (Lipinski definition) is 2. The Balaban J connectivity index is 2.62. The number of rotatable bonds is 8. The van der Waals surface area contributed by atoms with E-state index in [1.807, 2.05) is 6.92 Å². The van der Waals surface area contributed by atoms with Crippen molar-refractivity contribution in [1.82, 2.24) is 10.6 Å². The van der Waals surface area contributed by atoms with Gasteiger partial charge in [0.05, 0.1) is 6.04 Å². The van der Waals surface area contributed by atoms with E-state index in [2.05, 4.69) is 22.2 Å². The van der Waals surface area contributed by atoms with Crippen molar-refractivity contribution >= 4 is 17.7 Å². The average molecular weight is 281 g/mol. The highest BCUT2D eigenvalue weighted by atomic mass is 16.5. The molecule has 6 heteroatoms. The zero-order valence-electron chi connectivity index (χ0n) is 12.1. The zero-order chi connectivity index (χ0) is 15.0. The average Bonchev–Trinajstić information content (AvgIpc) is 3.21. The smallest absolute Gasteiger partial charge is 0.407 e. The fourth-order valence-corrected chi connectivity index (χ4v) is 1.79. The molecule has 0 bridgehead atoms. The third-order valence-corrected chi connectivity index (χ3v) is 2.92. The maximum atomic E-state index is 12.1. The van der Waals surface area contributed by atoms with Crippen LogP contribution in [0, 0.1) is 0 Å². The molecule has 0 aliphatic heterocycles. The topological polar surface area (TPSA) is 79.8 Å². The first kappa shape index (κ1) is 16.2. The summed E-state index contributed by atoms with van der Waals surface area (Å²) in [6.45, 7) is 5.59. The fourth-order valence-electron chi connectivity index (χ4n) is 1.79. The molecule has 0 saturated heterocycles. The van der Waals surface area contributed by atoms with E-state index in [0.717, 1.165) is 19.3 Å². The van der Waals surface area contributed by atoms with E-state index in [1.165, 1.54) is 6.08 Å². The van der Waals surface area contributed by atoms with E-state index in [0.29, 0.717) is 12.1 Å². The second kappa shape index (κ2) is 8.35. The summed E-state index contributed by atoms with van der Waals surface area (Å²) in [7, 11) is 1.56. The van der Waals surface area contributed by atoms with Crippen molar-refractivity contribution in [3.8, 4) is 0 Å². The number of hydrogen-bond acceptors (Lipinski definition) is 4. The van der Waals surface area contributed by atoms with Crippen LogP contribution in [0.4, 0.5) is 4.79 Å². The maximum Gasteiger partial charge on any atom is 0.407 e. The molecule has 2 amide bonds. The summed E-state index contributed by atoms with van der Waals surface area (Å²) < 4.78 is 4.88. The Bertz CT molecular complexity index is 389. The lowest BCUT2D eigenvalue weighted by atomic mass is 10.1. The molecule has 0 radical (unpaired) electrons. The molecule has 0 spiro atoms. The highest BCUT2D eigenvalue weighted by Crippen LogP contribution is 2.18. The third-order valence-electron chi connectivity index (χ3n) is 2.92. The van der Waals surface area contributed by atoms with Crippen LogP contribution in [-0.4, -0.2) is 43.5 Å². The van der Waals surface area contributed by atoms with Gasteiger partial charge in [-0.15, -0.1) is 0 Å². The number of alkyl carbamates (subject to hydrolysis) is 1. The molecule has 0 aromatic heterocycles. The molecule has 0 aromatic rings. The molecule has 2 N–H and O–H groups in total. The summed E-state index contributed by atoms with van der Waals surface area (Å²) in [5.41, 5.74) is 0.342. The summed E-state index contributed by atoms with van der Waals surface area (Å²) >= 11 is 0. The van der Waals surface area contributed by atoms with Crippen LogP contribution >= 0.6 is 0 Å². The van der Waals surface area contributed by atoms with Crippen molar-refractivity contribution in [2.75, 3.05) is 13.7 Å². The minimum absolute atomic E-state index is 0.136.